The summed E-state index contributed by atoms with van der Waals surface area (Å²) in [6.07, 6.45) is 0. The molecule has 0 bridgehead atoms. The molecule has 168 valence electrons. The SMILES string of the molecule is CCOc1ccc(Br)cc1S(=O)(=O)Nc1cccc(-c2ccc(N3CCOCC3)nn2)c1. The number of rotatable bonds is 7. The maximum absolute atomic E-state index is 13.1. The minimum atomic E-state index is -3.87. The van der Waals surface area contributed by atoms with Gasteiger partial charge in [0.15, 0.2) is 5.82 Å². The van der Waals surface area contributed by atoms with Gasteiger partial charge in [-0.3, -0.25) is 4.72 Å². The van der Waals surface area contributed by atoms with Gasteiger partial charge in [-0.2, -0.15) is 0 Å². The fourth-order valence-corrected chi connectivity index (χ4v) is 5.09. The number of morpholine rings is 1. The first kappa shape index (κ1) is 22.5. The summed E-state index contributed by atoms with van der Waals surface area (Å²) in [6.45, 7) is 5.08. The van der Waals surface area contributed by atoms with E-state index < -0.39 is 10.0 Å². The van der Waals surface area contributed by atoms with E-state index in [1.807, 2.05) is 18.2 Å². The third-order valence-electron chi connectivity index (χ3n) is 4.89. The molecule has 0 spiro atoms. The fourth-order valence-electron chi connectivity index (χ4n) is 3.36. The number of halogens is 1. The van der Waals surface area contributed by atoms with E-state index in [2.05, 4.69) is 35.7 Å². The summed E-state index contributed by atoms with van der Waals surface area (Å²) >= 11 is 3.33. The van der Waals surface area contributed by atoms with Crippen molar-refractivity contribution in [2.45, 2.75) is 11.8 Å². The topological polar surface area (TPSA) is 93.7 Å². The molecule has 1 aliphatic heterocycles. The molecule has 0 saturated carbocycles. The number of aromatic nitrogens is 2. The van der Waals surface area contributed by atoms with Gasteiger partial charge in [0.05, 0.1) is 25.5 Å². The van der Waals surface area contributed by atoms with Crippen LogP contribution in [0.2, 0.25) is 0 Å². The molecule has 1 aliphatic rings. The zero-order chi connectivity index (χ0) is 22.6. The Bertz CT molecular complexity index is 1180. The summed E-state index contributed by atoms with van der Waals surface area (Å²) in [7, 11) is -3.87. The van der Waals surface area contributed by atoms with Gasteiger partial charge >= 0.3 is 0 Å². The van der Waals surface area contributed by atoms with E-state index in [4.69, 9.17) is 9.47 Å². The smallest absolute Gasteiger partial charge is 0.265 e. The highest BCUT2D eigenvalue weighted by Gasteiger charge is 2.21. The van der Waals surface area contributed by atoms with Crippen LogP contribution < -0.4 is 14.4 Å². The van der Waals surface area contributed by atoms with E-state index in [1.54, 1.807) is 37.3 Å². The Kier molecular flexibility index (Phi) is 6.92. The number of anilines is 2. The number of hydrogen-bond acceptors (Lipinski definition) is 7. The van der Waals surface area contributed by atoms with Gasteiger partial charge in [0.2, 0.25) is 0 Å². The Balaban J connectivity index is 1.56. The summed E-state index contributed by atoms with van der Waals surface area (Å²) < 4.78 is 40.3. The lowest BCUT2D eigenvalue weighted by Gasteiger charge is -2.27. The molecule has 0 unspecified atom stereocenters. The lowest BCUT2D eigenvalue weighted by atomic mass is 10.1. The van der Waals surface area contributed by atoms with Crippen LogP contribution >= 0.6 is 15.9 Å². The maximum Gasteiger partial charge on any atom is 0.265 e. The number of hydrogen-bond donors (Lipinski definition) is 1. The molecule has 32 heavy (non-hydrogen) atoms. The normalized spacial score (nSPS) is 14.2. The molecule has 0 aliphatic carbocycles. The van der Waals surface area contributed by atoms with Gasteiger partial charge in [-0.15, -0.1) is 10.2 Å². The highest BCUT2D eigenvalue weighted by atomic mass is 79.9. The number of sulfonamides is 1. The quantitative estimate of drug-likeness (QED) is 0.506. The highest BCUT2D eigenvalue weighted by Crippen LogP contribution is 2.30. The van der Waals surface area contributed by atoms with E-state index in [0.29, 0.717) is 41.4 Å². The second-order valence-electron chi connectivity index (χ2n) is 7.09. The van der Waals surface area contributed by atoms with Crippen molar-refractivity contribution >= 4 is 37.5 Å². The van der Waals surface area contributed by atoms with E-state index in [9.17, 15) is 8.42 Å². The van der Waals surface area contributed by atoms with Gasteiger partial charge in [0.25, 0.3) is 10.0 Å². The Morgan fingerprint density at radius 1 is 1.09 bits per heavy atom. The molecule has 0 atom stereocenters. The molecule has 2 heterocycles. The minimum absolute atomic E-state index is 0.0637. The van der Waals surface area contributed by atoms with Gasteiger partial charge < -0.3 is 14.4 Å². The number of ether oxygens (including phenoxy) is 2. The molecule has 1 fully saturated rings. The minimum Gasteiger partial charge on any atom is -0.492 e. The van der Waals surface area contributed by atoms with E-state index in [-0.39, 0.29) is 4.90 Å². The van der Waals surface area contributed by atoms with Gasteiger partial charge in [-0.1, -0.05) is 28.1 Å². The van der Waals surface area contributed by atoms with Crippen molar-refractivity contribution in [3.8, 4) is 17.0 Å². The van der Waals surface area contributed by atoms with Crippen molar-refractivity contribution < 1.29 is 17.9 Å². The van der Waals surface area contributed by atoms with Crippen molar-refractivity contribution in [1.29, 1.82) is 0 Å². The molecule has 3 aromatic rings. The molecule has 1 N–H and O–H groups in total. The zero-order valence-corrected chi connectivity index (χ0v) is 19.9. The van der Waals surface area contributed by atoms with Gasteiger partial charge in [-0.25, -0.2) is 8.42 Å². The monoisotopic (exact) mass is 518 g/mol. The third kappa shape index (κ3) is 5.20. The molecule has 10 heteroatoms. The average Bonchev–Trinajstić information content (AvgIpc) is 2.81. The molecule has 1 aromatic heterocycles. The molecule has 0 radical (unpaired) electrons. The number of nitrogens with one attached hydrogen (secondary N) is 1. The molecular weight excluding hydrogens is 496 g/mol. The van der Waals surface area contributed by atoms with Crippen molar-refractivity contribution in [2.75, 3.05) is 42.5 Å². The van der Waals surface area contributed by atoms with Crippen LogP contribution in [0, 0.1) is 0 Å². The summed E-state index contributed by atoms with van der Waals surface area (Å²) in [5, 5.41) is 8.67. The van der Waals surface area contributed by atoms with Crippen LogP contribution in [0.25, 0.3) is 11.3 Å². The van der Waals surface area contributed by atoms with Crippen LogP contribution in [0.3, 0.4) is 0 Å². The van der Waals surface area contributed by atoms with Crippen molar-refractivity contribution in [2.24, 2.45) is 0 Å². The van der Waals surface area contributed by atoms with E-state index in [0.717, 1.165) is 24.5 Å². The second-order valence-corrected chi connectivity index (χ2v) is 9.65. The predicted octanol–water partition coefficient (Wildman–Crippen LogP) is 3.94. The Hall–Kier alpha value is -2.69. The number of benzene rings is 2. The average molecular weight is 519 g/mol. The summed E-state index contributed by atoms with van der Waals surface area (Å²) in [5.41, 5.74) is 1.83. The van der Waals surface area contributed by atoms with Gasteiger partial charge in [-0.05, 0) is 49.4 Å². The molecule has 1 saturated heterocycles. The first-order chi connectivity index (χ1) is 15.5. The first-order valence-corrected chi connectivity index (χ1v) is 12.5. The van der Waals surface area contributed by atoms with Gasteiger partial charge in [0, 0.05) is 28.8 Å². The number of nitrogens with zero attached hydrogens (tertiary/aromatic N) is 3. The Morgan fingerprint density at radius 3 is 2.62 bits per heavy atom. The summed E-state index contributed by atoms with van der Waals surface area (Å²) in [4.78, 5) is 2.19. The molecule has 8 nitrogen and oxygen atoms in total. The standard InChI is InChI=1S/C22H23BrN4O4S/c1-2-31-20-8-6-17(23)15-21(20)32(28,29)26-18-5-3-4-16(14-18)19-7-9-22(25-24-19)27-10-12-30-13-11-27/h3-9,14-15,26H,2,10-13H2,1H3. The van der Waals surface area contributed by atoms with E-state index in [1.165, 1.54) is 6.07 Å². The lowest BCUT2D eigenvalue weighted by molar-refractivity contribution is 0.122. The lowest BCUT2D eigenvalue weighted by Crippen LogP contribution is -2.36. The van der Waals surface area contributed by atoms with Crippen LogP contribution in [-0.4, -0.2) is 51.5 Å². The third-order valence-corrected chi connectivity index (χ3v) is 6.79. The molecule has 2 aromatic carbocycles. The Labute approximate surface area is 195 Å². The Morgan fingerprint density at radius 2 is 1.91 bits per heavy atom. The fraction of sp³-hybridized carbons (Fsp3) is 0.273. The first-order valence-electron chi connectivity index (χ1n) is 10.2. The van der Waals surface area contributed by atoms with Crippen LogP contribution in [-0.2, 0) is 14.8 Å². The van der Waals surface area contributed by atoms with Crippen molar-refractivity contribution in [3.05, 3.63) is 59.1 Å². The molecule has 4 rings (SSSR count). The predicted molar refractivity (Wildman–Crippen MR) is 127 cm³/mol. The summed E-state index contributed by atoms with van der Waals surface area (Å²) in [5.74, 6) is 1.09. The van der Waals surface area contributed by atoms with Gasteiger partial charge in [0.1, 0.15) is 10.6 Å². The van der Waals surface area contributed by atoms with Crippen molar-refractivity contribution in [1.82, 2.24) is 10.2 Å². The second kappa shape index (κ2) is 9.85. The van der Waals surface area contributed by atoms with Crippen LogP contribution in [0.4, 0.5) is 11.5 Å². The van der Waals surface area contributed by atoms with Crippen LogP contribution in [0.5, 0.6) is 5.75 Å². The highest BCUT2D eigenvalue weighted by molar-refractivity contribution is 9.10. The van der Waals surface area contributed by atoms with E-state index >= 15 is 0 Å². The molecular formula is C22H23BrN4O4S. The van der Waals surface area contributed by atoms with Crippen LogP contribution in [0.15, 0.2) is 64.0 Å². The maximum atomic E-state index is 13.1. The van der Waals surface area contributed by atoms with Crippen molar-refractivity contribution in [3.63, 3.8) is 0 Å². The molecule has 0 amide bonds. The summed E-state index contributed by atoms with van der Waals surface area (Å²) in [6, 6.07) is 15.7. The van der Waals surface area contributed by atoms with Crippen LogP contribution in [0.1, 0.15) is 6.92 Å². The zero-order valence-electron chi connectivity index (χ0n) is 17.5. The largest absolute Gasteiger partial charge is 0.492 e.